The predicted molar refractivity (Wildman–Crippen MR) is 96.7 cm³/mol. The van der Waals surface area contributed by atoms with Crippen molar-refractivity contribution in [3.05, 3.63) is 52.4 Å². The Morgan fingerprint density at radius 1 is 1.30 bits per heavy atom. The second-order valence-electron chi connectivity index (χ2n) is 6.21. The zero-order chi connectivity index (χ0) is 19.7. The van der Waals surface area contributed by atoms with Crippen molar-refractivity contribution in [2.24, 2.45) is 0 Å². The molecule has 0 atom stereocenters. The van der Waals surface area contributed by atoms with Gasteiger partial charge in [-0.2, -0.15) is 0 Å². The molecule has 3 amide bonds. The Morgan fingerprint density at radius 3 is 2.67 bits per heavy atom. The van der Waals surface area contributed by atoms with Crippen LogP contribution in [-0.4, -0.2) is 34.5 Å². The maximum absolute atomic E-state index is 12.6. The number of methoxy groups -OCH3 is 1. The summed E-state index contributed by atoms with van der Waals surface area (Å²) in [6, 6.07) is 4.41. The number of carbonyl (C=O) groups is 3. The van der Waals surface area contributed by atoms with Gasteiger partial charge in [-0.15, -0.1) is 0 Å². The molecule has 0 unspecified atom stereocenters. The van der Waals surface area contributed by atoms with E-state index in [1.54, 1.807) is 6.08 Å². The average molecular weight is 371 g/mol. The fourth-order valence-corrected chi connectivity index (χ4v) is 3.16. The number of hydrogen-bond donors (Lipinski definition) is 1. The SMILES string of the molecule is CCn1c(C)cc(C=C2NC(=O)N(Cc3ccc(C(=O)OC)o3)C2=O)c1C. The van der Waals surface area contributed by atoms with Gasteiger partial charge in [0.15, 0.2) is 0 Å². The fourth-order valence-electron chi connectivity index (χ4n) is 3.16. The van der Waals surface area contributed by atoms with Gasteiger partial charge in [-0.1, -0.05) is 0 Å². The molecule has 1 aliphatic rings. The van der Waals surface area contributed by atoms with Gasteiger partial charge in [-0.05, 0) is 50.6 Å². The number of nitrogens with one attached hydrogen (secondary N) is 1. The summed E-state index contributed by atoms with van der Waals surface area (Å²) in [5.41, 5.74) is 3.19. The second-order valence-corrected chi connectivity index (χ2v) is 6.21. The molecule has 1 N–H and O–H groups in total. The molecule has 142 valence electrons. The van der Waals surface area contributed by atoms with Crippen LogP contribution < -0.4 is 5.32 Å². The lowest BCUT2D eigenvalue weighted by molar-refractivity contribution is -0.123. The van der Waals surface area contributed by atoms with E-state index in [4.69, 9.17) is 4.42 Å². The number of rotatable bonds is 5. The van der Waals surface area contributed by atoms with Crippen LogP contribution in [0, 0.1) is 13.8 Å². The van der Waals surface area contributed by atoms with Crippen molar-refractivity contribution < 1.29 is 23.5 Å². The van der Waals surface area contributed by atoms with Gasteiger partial charge in [0.05, 0.1) is 13.7 Å². The molecule has 8 heteroatoms. The number of ether oxygens (including phenoxy) is 1. The number of aromatic nitrogens is 1. The molecule has 0 spiro atoms. The molecule has 0 aliphatic carbocycles. The van der Waals surface area contributed by atoms with Crippen molar-refractivity contribution in [3.63, 3.8) is 0 Å². The smallest absolute Gasteiger partial charge is 0.373 e. The number of furan rings is 1. The summed E-state index contributed by atoms with van der Waals surface area (Å²) >= 11 is 0. The molecule has 1 aliphatic heterocycles. The Kier molecular flexibility index (Phi) is 4.89. The minimum Gasteiger partial charge on any atom is -0.463 e. The number of aryl methyl sites for hydroxylation is 1. The Bertz CT molecular complexity index is 951. The van der Waals surface area contributed by atoms with E-state index >= 15 is 0 Å². The van der Waals surface area contributed by atoms with Crippen molar-refractivity contribution in [2.45, 2.75) is 33.9 Å². The Labute approximate surface area is 156 Å². The number of imide groups is 1. The van der Waals surface area contributed by atoms with Crippen LogP contribution in [0.4, 0.5) is 4.79 Å². The summed E-state index contributed by atoms with van der Waals surface area (Å²) in [7, 11) is 1.24. The molecular weight excluding hydrogens is 350 g/mol. The summed E-state index contributed by atoms with van der Waals surface area (Å²) < 4.78 is 12.0. The molecule has 2 aromatic rings. The highest BCUT2D eigenvalue weighted by molar-refractivity contribution is 6.13. The molecule has 3 rings (SSSR count). The lowest BCUT2D eigenvalue weighted by Gasteiger charge is -2.09. The van der Waals surface area contributed by atoms with Gasteiger partial charge in [0.25, 0.3) is 5.91 Å². The summed E-state index contributed by atoms with van der Waals surface area (Å²) in [4.78, 5) is 37.3. The molecule has 1 fully saturated rings. The van der Waals surface area contributed by atoms with Gasteiger partial charge >= 0.3 is 12.0 Å². The molecule has 1 saturated heterocycles. The monoisotopic (exact) mass is 371 g/mol. The molecule has 0 aromatic carbocycles. The number of carbonyl (C=O) groups excluding carboxylic acids is 3. The van der Waals surface area contributed by atoms with Gasteiger partial charge in [-0.25, -0.2) is 9.59 Å². The third-order valence-electron chi connectivity index (χ3n) is 4.55. The quantitative estimate of drug-likeness (QED) is 0.495. The van der Waals surface area contributed by atoms with Gasteiger partial charge in [0.2, 0.25) is 5.76 Å². The third kappa shape index (κ3) is 3.38. The maximum atomic E-state index is 12.6. The van der Waals surface area contributed by atoms with Crippen molar-refractivity contribution in [2.75, 3.05) is 7.11 Å². The lowest BCUT2D eigenvalue weighted by atomic mass is 10.2. The van der Waals surface area contributed by atoms with Crippen LogP contribution in [0.3, 0.4) is 0 Å². The predicted octanol–water partition coefficient (Wildman–Crippen LogP) is 2.60. The Balaban J connectivity index is 1.81. The van der Waals surface area contributed by atoms with E-state index in [1.165, 1.54) is 19.2 Å². The first kappa shape index (κ1) is 18.5. The highest BCUT2D eigenvalue weighted by atomic mass is 16.5. The van der Waals surface area contributed by atoms with Crippen LogP contribution >= 0.6 is 0 Å². The second kappa shape index (κ2) is 7.14. The topological polar surface area (TPSA) is 93.8 Å². The first-order valence-corrected chi connectivity index (χ1v) is 8.54. The summed E-state index contributed by atoms with van der Waals surface area (Å²) in [5, 5.41) is 2.59. The van der Waals surface area contributed by atoms with E-state index in [0.29, 0.717) is 5.76 Å². The van der Waals surface area contributed by atoms with Gasteiger partial charge < -0.3 is 19.0 Å². The van der Waals surface area contributed by atoms with Crippen molar-refractivity contribution in [1.82, 2.24) is 14.8 Å². The lowest BCUT2D eigenvalue weighted by Crippen LogP contribution is -2.30. The number of amides is 3. The van der Waals surface area contributed by atoms with Crippen LogP contribution in [-0.2, 0) is 22.6 Å². The highest BCUT2D eigenvalue weighted by Gasteiger charge is 2.34. The minimum absolute atomic E-state index is 0.0160. The molecule has 0 bridgehead atoms. The molecular formula is C19H21N3O5. The zero-order valence-corrected chi connectivity index (χ0v) is 15.7. The standard InChI is InChI=1S/C19H21N3O5/c1-5-21-11(2)8-13(12(21)3)9-15-17(23)22(19(25)20-15)10-14-6-7-16(27-14)18(24)26-4/h6-9H,5,10H2,1-4H3,(H,20,25). The fraction of sp³-hybridized carbons (Fsp3) is 0.316. The van der Waals surface area contributed by atoms with Crippen LogP contribution in [0.25, 0.3) is 6.08 Å². The third-order valence-corrected chi connectivity index (χ3v) is 4.55. The van der Waals surface area contributed by atoms with E-state index < -0.39 is 17.9 Å². The normalized spacial score (nSPS) is 15.6. The van der Waals surface area contributed by atoms with E-state index in [2.05, 4.69) is 14.6 Å². The molecule has 0 radical (unpaired) electrons. The summed E-state index contributed by atoms with van der Waals surface area (Å²) in [6.07, 6.45) is 1.68. The Morgan fingerprint density at radius 2 is 2.04 bits per heavy atom. The zero-order valence-electron chi connectivity index (χ0n) is 15.7. The van der Waals surface area contributed by atoms with Crippen molar-refractivity contribution in [3.8, 4) is 0 Å². The number of nitrogens with zero attached hydrogens (tertiary/aromatic N) is 2. The molecule has 3 heterocycles. The first-order valence-electron chi connectivity index (χ1n) is 8.54. The minimum atomic E-state index is -0.620. The van der Waals surface area contributed by atoms with E-state index in [0.717, 1.165) is 28.4 Å². The maximum Gasteiger partial charge on any atom is 0.373 e. The van der Waals surface area contributed by atoms with Crippen LogP contribution in [0.15, 0.2) is 28.3 Å². The average Bonchev–Trinajstić information content (AvgIpc) is 3.29. The van der Waals surface area contributed by atoms with Gasteiger partial charge in [-0.3, -0.25) is 9.69 Å². The van der Waals surface area contributed by atoms with Gasteiger partial charge in [0.1, 0.15) is 11.5 Å². The highest BCUT2D eigenvalue weighted by Crippen LogP contribution is 2.22. The first-order chi connectivity index (χ1) is 12.8. The molecule has 2 aromatic heterocycles. The number of esters is 1. The van der Waals surface area contributed by atoms with Crippen LogP contribution in [0.1, 0.15) is 40.2 Å². The van der Waals surface area contributed by atoms with Crippen molar-refractivity contribution >= 4 is 24.0 Å². The largest absolute Gasteiger partial charge is 0.463 e. The van der Waals surface area contributed by atoms with Crippen LogP contribution in [0.2, 0.25) is 0 Å². The van der Waals surface area contributed by atoms with E-state index in [9.17, 15) is 14.4 Å². The Hall–Kier alpha value is -3.29. The van der Waals surface area contributed by atoms with E-state index in [1.807, 2.05) is 26.8 Å². The van der Waals surface area contributed by atoms with Crippen LogP contribution in [0.5, 0.6) is 0 Å². The molecule has 27 heavy (non-hydrogen) atoms. The van der Waals surface area contributed by atoms with E-state index in [-0.39, 0.29) is 18.0 Å². The molecule has 8 nitrogen and oxygen atoms in total. The number of urea groups is 1. The summed E-state index contributed by atoms with van der Waals surface area (Å²) in [5.74, 6) is -0.741. The van der Waals surface area contributed by atoms with Crippen molar-refractivity contribution in [1.29, 1.82) is 0 Å². The summed E-state index contributed by atoms with van der Waals surface area (Å²) in [6.45, 7) is 6.77. The number of hydrogen-bond acceptors (Lipinski definition) is 5. The van der Waals surface area contributed by atoms with Gasteiger partial charge in [0, 0.05) is 17.9 Å². The molecule has 0 saturated carbocycles.